The SMILES string of the molecule is Cc1ccc(-c2ccc(-c3c(C#N)ccc4c3oc3c(-c5cc(F)c(C(C)(C)C)c[n+]5C)c(C)ccc34)cc2)cc1. The molecule has 4 aromatic carbocycles. The standard InChI is InChI=1S/C37H32FN2O/c1-22-7-10-24(11-8-22)25-12-14-26(15-13-25)34-27(20-39)16-18-29-28-17-9-23(2)33(35(28)41-36(29)34)32-19-31(38)30(21-40(32)6)37(3,4)5/h7-19,21H,1-6H3/q+1. The minimum Gasteiger partial charge on any atom is -0.454 e. The van der Waals surface area contributed by atoms with Crippen LogP contribution in [0.3, 0.4) is 0 Å². The number of hydrogen-bond acceptors (Lipinski definition) is 2. The van der Waals surface area contributed by atoms with Crippen LogP contribution < -0.4 is 4.57 Å². The number of aryl methyl sites for hydroxylation is 3. The molecule has 6 aromatic rings. The highest BCUT2D eigenvalue weighted by Gasteiger charge is 2.28. The van der Waals surface area contributed by atoms with Crippen LogP contribution in [0.4, 0.5) is 4.39 Å². The molecule has 0 saturated heterocycles. The number of hydrogen-bond donors (Lipinski definition) is 0. The Morgan fingerprint density at radius 3 is 1.93 bits per heavy atom. The van der Waals surface area contributed by atoms with E-state index in [0.29, 0.717) is 22.3 Å². The Bertz CT molecular complexity index is 2000. The third-order valence-electron chi connectivity index (χ3n) is 7.98. The first kappa shape index (κ1) is 26.5. The van der Waals surface area contributed by atoms with E-state index in [1.807, 2.05) is 69.8 Å². The smallest absolute Gasteiger partial charge is 0.219 e. The molecule has 6 rings (SSSR count). The maximum atomic E-state index is 15.4. The van der Waals surface area contributed by atoms with Crippen molar-refractivity contribution in [1.82, 2.24) is 0 Å². The summed E-state index contributed by atoms with van der Waals surface area (Å²) in [5.41, 5.74) is 9.94. The van der Waals surface area contributed by atoms with E-state index in [9.17, 15) is 5.26 Å². The molecule has 0 amide bonds. The number of pyridine rings is 1. The maximum absolute atomic E-state index is 15.4. The first-order valence-corrected chi connectivity index (χ1v) is 13.8. The summed E-state index contributed by atoms with van der Waals surface area (Å²) in [6, 6.07) is 28.6. The van der Waals surface area contributed by atoms with Crippen LogP contribution >= 0.6 is 0 Å². The molecule has 4 heteroatoms. The molecule has 2 heterocycles. The zero-order chi connectivity index (χ0) is 29.1. The number of nitriles is 1. The Hall–Kier alpha value is -4.75. The Morgan fingerprint density at radius 2 is 1.32 bits per heavy atom. The molecule has 2 aromatic heterocycles. The lowest BCUT2D eigenvalue weighted by Crippen LogP contribution is -2.34. The summed E-state index contributed by atoms with van der Waals surface area (Å²) in [5.74, 6) is -0.237. The molecule has 0 fully saturated rings. The van der Waals surface area contributed by atoms with Gasteiger partial charge in [0.2, 0.25) is 5.69 Å². The van der Waals surface area contributed by atoms with Gasteiger partial charge < -0.3 is 4.42 Å². The lowest BCUT2D eigenvalue weighted by Gasteiger charge is -2.18. The third kappa shape index (κ3) is 4.48. The van der Waals surface area contributed by atoms with Gasteiger partial charge in [-0.3, -0.25) is 0 Å². The molecule has 0 radical (unpaired) electrons. The van der Waals surface area contributed by atoms with Gasteiger partial charge in [0.05, 0.1) is 22.8 Å². The van der Waals surface area contributed by atoms with Crippen LogP contribution in [-0.4, -0.2) is 0 Å². The first-order valence-electron chi connectivity index (χ1n) is 13.8. The minimum absolute atomic E-state index is 0.237. The zero-order valence-corrected chi connectivity index (χ0v) is 24.3. The summed E-state index contributed by atoms with van der Waals surface area (Å²) in [5, 5.41) is 11.9. The summed E-state index contributed by atoms with van der Waals surface area (Å²) in [6.07, 6.45) is 1.88. The first-order chi connectivity index (χ1) is 19.6. The molecule has 0 atom stereocenters. The van der Waals surface area contributed by atoms with Crippen LogP contribution in [0, 0.1) is 31.0 Å². The van der Waals surface area contributed by atoms with Gasteiger partial charge in [0.15, 0.2) is 6.20 Å². The van der Waals surface area contributed by atoms with Crippen molar-refractivity contribution in [3.05, 3.63) is 113 Å². The Kier molecular flexibility index (Phi) is 6.27. The summed E-state index contributed by atoms with van der Waals surface area (Å²) in [7, 11) is 1.94. The van der Waals surface area contributed by atoms with Gasteiger partial charge in [-0.2, -0.15) is 5.26 Å². The molecule has 0 unspecified atom stereocenters. The van der Waals surface area contributed by atoms with Gasteiger partial charge >= 0.3 is 0 Å². The molecule has 0 N–H and O–H groups in total. The number of benzene rings is 4. The number of furan rings is 1. The molecule has 41 heavy (non-hydrogen) atoms. The molecule has 0 spiro atoms. The van der Waals surface area contributed by atoms with Crippen molar-refractivity contribution in [3.8, 4) is 39.6 Å². The van der Waals surface area contributed by atoms with Crippen molar-refractivity contribution in [2.24, 2.45) is 7.05 Å². The summed E-state index contributed by atoms with van der Waals surface area (Å²) >= 11 is 0. The van der Waals surface area contributed by atoms with E-state index < -0.39 is 0 Å². The van der Waals surface area contributed by atoms with Gasteiger partial charge in [0.1, 0.15) is 24.0 Å². The van der Waals surface area contributed by atoms with E-state index in [4.69, 9.17) is 4.42 Å². The molecular formula is C37H32FN2O+. The fourth-order valence-electron chi connectivity index (χ4n) is 5.70. The second-order valence-corrected chi connectivity index (χ2v) is 11.9. The van der Waals surface area contributed by atoms with Crippen LogP contribution in [-0.2, 0) is 12.5 Å². The van der Waals surface area contributed by atoms with Crippen molar-refractivity contribution in [1.29, 1.82) is 5.26 Å². The average Bonchev–Trinajstić information content (AvgIpc) is 3.32. The van der Waals surface area contributed by atoms with Crippen LogP contribution in [0.25, 0.3) is 55.4 Å². The number of halogens is 1. The normalized spacial score (nSPS) is 11.8. The van der Waals surface area contributed by atoms with Crippen molar-refractivity contribution < 1.29 is 13.4 Å². The van der Waals surface area contributed by atoms with Crippen LogP contribution in [0.15, 0.2) is 89.5 Å². The second-order valence-electron chi connectivity index (χ2n) is 11.9. The Labute approximate surface area is 240 Å². The van der Waals surface area contributed by atoms with Crippen LogP contribution in [0.1, 0.15) is 43.0 Å². The van der Waals surface area contributed by atoms with Gasteiger partial charge in [-0.15, -0.1) is 0 Å². The summed E-state index contributed by atoms with van der Waals surface area (Å²) in [4.78, 5) is 0. The number of rotatable bonds is 3. The largest absolute Gasteiger partial charge is 0.454 e. The Balaban J connectivity index is 1.57. The predicted octanol–water partition coefficient (Wildman–Crippen LogP) is 9.34. The van der Waals surface area contributed by atoms with Gasteiger partial charge in [-0.05, 0) is 53.6 Å². The highest BCUT2D eigenvalue weighted by Crippen LogP contribution is 2.42. The monoisotopic (exact) mass is 539 g/mol. The van der Waals surface area contributed by atoms with Gasteiger partial charge in [0.25, 0.3) is 0 Å². The highest BCUT2D eigenvalue weighted by atomic mass is 19.1. The van der Waals surface area contributed by atoms with E-state index >= 15 is 4.39 Å². The highest BCUT2D eigenvalue weighted by molar-refractivity contribution is 6.14. The van der Waals surface area contributed by atoms with E-state index in [0.717, 1.165) is 49.8 Å². The lowest BCUT2D eigenvalue weighted by atomic mass is 9.87. The van der Waals surface area contributed by atoms with Crippen molar-refractivity contribution >= 4 is 21.9 Å². The van der Waals surface area contributed by atoms with E-state index in [2.05, 4.69) is 61.5 Å². The molecule has 0 bridgehead atoms. The topological polar surface area (TPSA) is 40.8 Å². The molecular weight excluding hydrogens is 507 g/mol. The van der Waals surface area contributed by atoms with Crippen LogP contribution in [0.5, 0.6) is 0 Å². The van der Waals surface area contributed by atoms with E-state index in [-0.39, 0.29) is 11.2 Å². The van der Waals surface area contributed by atoms with E-state index in [1.54, 1.807) is 6.07 Å². The van der Waals surface area contributed by atoms with Crippen molar-refractivity contribution in [3.63, 3.8) is 0 Å². The summed E-state index contributed by atoms with van der Waals surface area (Å²) < 4.78 is 24.1. The summed E-state index contributed by atoms with van der Waals surface area (Å²) in [6.45, 7) is 10.1. The van der Waals surface area contributed by atoms with Crippen molar-refractivity contribution in [2.75, 3.05) is 0 Å². The fraction of sp³-hybridized carbons (Fsp3) is 0.189. The quantitative estimate of drug-likeness (QED) is 0.210. The molecule has 0 aliphatic carbocycles. The molecule has 3 nitrogen and oxygen atoms in total. The predicted molar refractivity (Wildman–Crippen MR) is 164 cm³/mol. The number of fused-ring (bicyclic) bond motifs is 3. The zero-order valence-electron chi connectivity index (χ0n) is 24.3. The van der Waals surface area contributed by atoms with Crippen molar-refractivity contribution in [2.45, 2.75) is 40.0 Å². The van der Waals surface area contributed by atoms with Gasteiger partial charge in [-0.25, -0.2) is 8.96 Å². The number of aromatic nitrogens is 1. The van der Waals surface area contributed by atoms with Gasteiger partial charge in [0, 0.05) is 22.4 Å². The average molecular weight is 540 g/mol. The minimum atomic E-state index is -0.321. The lowest BCUT2D eigenvalue weighted by molar-refractivity contribution is -0.661. The Morgan fingerprint density at radius 1 is 0.756 bits per heavy atom. The molecule has 0 saturated carbocycles. The number of nitrogens with zero attached hydrogens (tertiary/aromatic N) is 2. The second kappa shape index (κ2) is 9.71. The maximum Gasteiger partial charge on any atom is 0.219 e. The molecule has 0 aliphatic heterocycles. The van der Waals surface area contributed by atoms with E-state index in [1.165, 1.54) is 5.56 Å². The molecule has 0 aliphatic rings. The fourth-order valence-corrected chi connectivity index (χ4v) is 5.70. The van der Waals surface area contributed by atoms with Gasteiger partial charge in [-0.1, -0.05) is 87.0 Å². The third-order valence-corrected chi connectivity index (χ3v) is 7.98. The molecule has 202 valence electrons. The van der Waals surface area contributed by atoms with Crippen LogP contribution in [0.2, 0.25) is 0 Å².